The van der Waals surface area contributed by atoms with Crippen molar-refractivity contribution in [3.63, 3.8) is 0 Å². The van der Waals surface area contributed by atoms with E-state index in [1.807, 2.05) is 24.1 Å². The van der Waals surface area contributed by atoms with E-state index in [-0.39, 0.29) is 11.6 Å². The van der Waals surface area contributed by atoms with Crippen LogP contribution < -0.4 is 5.32 Å². The van der Waals surface area contributed by atoms with E-state index in [0.717, 1.165) is 43.6 Å². The SMILES string of the molecule is CCNC(=NCC(C)(C)N1CCCC(C)C1)N1CCOC(c2cnn(C)c2)C1. The number of aliphatic imine (C=N–C) groups is 1. The van der Waals surface area contributed by atoms with Crippen LogP contribution in [0.25, 0.3) is 0 Å². The highest BCUT2D eigenvalue weighted by atomic mass is 16.5. The van der Waals surface area contributed by atoms with Crippen LogP contribution in [-0.2, 0) is 11.8 Å². The van der Waals surface area contributed by atoms with Gasteiger partial charge >= 0.3 is 0 Å². The molecule has 1 aromatic heterocycles. The minimum Gasteiger partial charge on any atom is -0.370 e. The van der Waals surface area contributed by atoms with Crippen LogP contribution in [0.4, 0.5) is 0 Å². The fourth-order valence-electron chi connectivity index (χ4n) is 4.18. The van der Waals surface area contributed by atoms with Gasteiger partial charge in [-0.05, 0) is 46.1 Å². The third-order valence-corrected chi connectivity index (χ3v) is 5.93. The van der Waals surface area contributed by atoms with Crippen molar-refractivity contribution in [1.82, 2.24) is 24.9 Å². The van der Waals surface area contributed by atoms with Gasteiger partial charge in [-0.3, -0.25) is 14.6 Å². The number of nitrogens with one attached hydrogen (secondary N) is 1. The van der Waals surface area contributed by atoms with Crippen LogP contribution in [0, 0.1) is 5.92 Å². The number of nitrogens with zero attached hydrogens (tertiary/aromatic N) is 5. The minimum absolute atomic E-state index is 0.0438. The van der Waals surface area contributed by atoms with Crippen molar-refractivity contribution in [3.05, 3.63) is 18.0 Å². The van der Waals surface area contributed by atoms with Gasteiger partial charge in [0, 0.05) is 44.0 Å². The second kappa shape index (κ2) is 9.27. The van der Waals surface area contributed by atoms with Gasteiger partial charge in [-0.2, -0.15) is 5.10 Å². The standard InChI is InChI=1S/C21H38N6O/c1-6-22-20(23-16-21(3,4)27-9-7-8-17(2)13-27)26-10-11-28-19(15-26)18-12-24-25(5)14-18/h12,14,17,19H,6-11,13,15-16H2,1-5H3,(H,22,23). The van der Waals surface area contributed by atoms with Gasteiger partial charge in [0.1, 0.15) is 6.10 Å². The Morgan fingerprint density at radius 3 is 2.86 bits per heavy atom. The molecule has 0 spiro atoms. The van der Waals surface area contributed by atoms with Crippen molar-refractivity contribution in [2.75, 3.05) is 45.9 Å². The number of aryl methyl sites for hydroxylation is 1. The zero-order valence-corrected chi connectivity index (χ0v) is 18.3. The number of morpholine rings is 1. The van der Waals surface area contributed by atoms with Gasteiger partial charge in [-0.1, -0.05) is 6.92 Å². The van der Waals surface area contributed by atoms with Gasteiger partial charge < -0.3 is 15.0 Å². The number of guanidine groups is 1. The van der Waals surface area contributed by atoms with Gasteiger partial charge in [0.05, 0.1) is 25.9 Å². The topological polar surface area (TPSA) is 57.9 Å². The largest absolute Gasteiger partial charge is 0.370 e. The van der Waals surface area contributed by atoms with Crippen molar-refractivity contribution in [2.45, 2.75) is 52.2 Å². The minimum atomic E-state index is 0.0438. The van der Waals surface area contributed by atoms with Crippen LogP contribution in [0.2, 0.25) is 0 Å². The summed E-state index contributed by atoms with van der Waals surface area (Å²) in [7, 11) is 1.94. The van der Waals surface area contributed by atoms with E-state index in [1.54, 1.807) is 0 Å². The molecule has 0 radical (unpaired) electrons. The predicted octanol–water partition coefficient (Wildman–Crippen LogP) is 2.27. The monoisotopic (exact) mass is 390 g/mol. The van der Waals surface area contributed by atoms with Gasteiger partial charge in [-0.15, -0.1) is 0 Å². The lowest BCUT2D eigenvalue weighted by Gasteiger charge is -2.42. The second-order valence-corrected chi connectivity index (χ2v) is 8.93. The molecule has 28 heavy (non-hydrogen) atoms. The fourth-order valence-corrected chi connectivity index (χ4v) is 4.18. The summed E-state index contributed by atoms with van der Waals surface area (Å²) in [6.45, 7) is 15.6. The molecule has 2 saturated heterocycles. The molecule has 158 valence electrons. The van der Waals surface area contributed by atoms with E-state index in [9.17, 15) is 0 Å². The first-order valence-corrected chi connectivity index (χ1v) is 10.8. The lowest BCUT2D eigenvalue weighted by atomic mass is 9.94. The molecule has 2 aliphatic heterocycles. The van der Waals surface area contributed by atoms with Gasteiger partial charge in [-0.25, -0.2) is 0 Å². The quantitative estimate of drug-likeness (QED) is 0.617. The Hall–Kier alpha value is -1.60. The molecule has 3 heterocycles. The van der Waals surface area contributed by atoms with E-state index in [2.05, 4.69) is 47.9 Å². The lowest BCUT2D eigenvalue weighted by Crippen LogP contribution is -2.52. The maximum absolute atomic E-state index is 6.00. The molecule has 3 rings (SSSR count). The Morgan fingerprint density at radius 2 is 2.18 bits per heavy atom. The summed E-state index contributed by atoms with van der Waals surface area (Å²) in [5.41, 5.74) is 1.20. The first-order chi connectivity index (χ1) is 13.4. The van der Waals surface area contributed by atoms with Crippen molar-refractivity contribution in [1.29, 1.82) is 0 Å². The third kappa shape index (κ3) is 5.26. The first kappa shape index (κ1) is 21.1. The molecule has 1 N–H and O–H groups in total. The van der Waals surface area contributed by atoms with Crippen LogP contribution in [0.3, 0.4) is 0 Å². The molecule has 0 aliphatic carbocycles. The highest BCUT2D eigenvalue weighted by molar-refractivity contribution is 5.80. The molecule has 0 amide bonds. The molecule has 1 aromatic rings. The van der Waals surface area contributed by atoms with Crippen molar-refractivity contribution < 1.29 is 4.74 Å². The molecule has 7 heteroatoms. The number of ether oxygens (including phenoxy) is 1. The lowest BCUT2D eigenvalue weighted by molar-refractivity contribution is -0.00819. The fraction of sp³-hybridized carbons (Fsp3) is 0.810. The van der Waals surface area contributed by atoms with E-state index in [4.69, 9.17) is 9.73 Å². The highest BCUT2D eigenvalue weighted by Gasteiger charge is 2.31. The van der Waals surface area contributed by atoms with Crippen LogP contribution >= 0.6 is 0 Å². The number of likely N-dealkylation sites (tertiary alicyclic amines) is 1. The van der Waals surface area contributed by atoms with E-state index >= 15 is 0 Å². The average Bonchev–Trinajstić information content (AvgIpc) is 3.12. The van der Waals surface area contributed by atoms with Crippen molar-refractivity contribution in [3.8, 4) is 0 Å². The smallest absolute Gasteiger partial charge is 0.194 e. The first-order valence-electron chi connectivity index (χ1n) is 10.8. The number of aromatic nitrogens is 2. The van der Waals surface area contributed by atoms with Crippen LogP contribution in [0.5, 0.6) is 0 Å². The van der Waals surface area contributed by atoms with Crippen LogP contribution in [0.15, 0.2) is 17.4 Å². The molecular formula is C21H38N6O. The summed E-state index contributed by atoms with van der Waals surface area (Å²) in [6.07, 6.45) is 6.63. The Balaban J connectivity index is 1.67. The molecule has 0 saturated carbocycles. The van der Waals surface area contributed by atoms with E-state index in [1.165, 1.54) is 25.9 Å². The van der Waals surface area contributed by atoms with Crippen LogP contribution in [0.1, 0.15) is 52.2 Å². The van der Waals surface area contributed by atoms with Crippen molar-refractivity contribution in [2.24, 2.45) is 18.0 Å². The van der Waals surface area contributed by atoms with Crippen molar-refractivity contribution >= 4 is 5.96 Å². The zero-order chi connectivity index (χ0) is 20.1. The molecule has 2 aliphatic rings. The summed E-state index contributed by atoms with van der Waals surface area (Å²) >= 11 is 0. The van der Waals surface area contributed by atoms with E-state index < -0.39 is 0 Å². The van der Waals surface area contributed by atoms with Crippen LogP contribution in [-0.4, -0.2) is 77.0 Å². The Bertz CT molecular complexity index is 655. The van der Waals surface area contributed by atoms with E-state index in [0.29, 0.717) is 6.61 Å². The average molecular weight is 391 g/mol. The highest BCUT2D eigenvalue weighted by Crippen LogP contribution is 2.25. The summed E-state index contributed by atoms with van der Waals surface area (Å²) < 4.78 is 7.83. The molecule has 7 nitrogen and oxygen atoms in total. The molecule has 2 fully saturated rings. The molecule has 0 aromatic carbocycles. The maximum atomic E-state index is 6.00. The Labute approximate surface area is 170 Å². The number of rotatable bonds is 5. The molecule has 2 atom stereocenters. The summed E-state index contributed by atoms with van der Waals surface area (Å²) in [5.74, 6) is 1.78. The maximum Gasteiger partial charge on any atom is 0.194 e. The zero-order valence-electron chi connectivity index (χ0n) is 18.3. The van der Waals surface area contributed by atoms with Gasteiger partial charge in [0.2, 0.25) is 0 Å². The summed E-state index contributed by atoms with van der Waals surface area (Å²) in [4.78, 5) is 10.0. The molecule has 2 unspecified atom stereocenters. The Kier molecular flexibility index (Phi) is 6.99. The van der Waals surface area contributed by atoms with Gasteiger partial charge in [0.25, 0.3) is 0 Å². The number of piperidine rings is 1. The van der Waals surface area contributed by atoms with Gasteiger partial charge in [0.15, 0.2) is 5.96 Å². The normalized spacial score (nSPS) is 25.2. The molecular weight excluding hydrogens is 352 g/mol. The third-order valence-electron chi connectivity index (χ3n) is 5.93. The summed E-state index contributed by atoms with van der Waals surface area (Å²) in [6, 6.07) is 0. The Morgan fingerprint density at radius 1 is 1.36 bits per heavy atom. The number of hydrogen-bond donors (Lipinski definition) is 1. The summed E-state index contributed by atoms with van der Waals surface area (Å²) in [5, 5.41) is 7.79. The second-order valence-electron chi connectivity index (χ2n) is 8.93. The predicted molar refractivity (Wildman–Crippen MR) is 114 cm³/mol. The molecule has 0 bridgehead atoms. The number of hydrogen-bond acceptors (Lipinski definition) is 4.